The molecule has 0 bridgehead atoms. The molecule has 80 valence electrons. The van der Waals surface area contributed by atoms with Crippen molar-refractivity contribution in [3.8, 4) is 0 Å². The SMILES string of the molecule is CC(C)=CC(=O)CC1OCCC(C)O1. The minimum absolute atomic E-state index is 0.0732. The molecular formula is C11H18O3. The van der Waals surface area contributed by atoms with Crippen LogP contribution in [0.5, 0.6) is 0 Å². The highest BCUT2D eigenvalue weighted by molar-refractivity contribution is 5.90. The van der Waals surface area contributed by atoms with E-state index >= 15 is 0 Å². The Labute approximate surface area is 85.1 Å². The summed E-state index contributed by atoms with van der Waals surface area (Å²) in [7, 11) is 0. The second kappa shape index (κ2) is 5.27. The largest absolute Gasteiger partial charge is 0.352 e. The lowest BCUT2D eigenvalue weighted by molar-refractivity contribution is -0.208. The predicted molar refractivity (Wildman–Crippen MR) is 54.0 cm³/mol. The van der Waals surface area contributed by atoms with Crippen molar-refractivity contribution in [2.75, 3.05) is 6.61 Å². The molecule has 0 spiro atoms. The fourth-order valence-corrected chi connectivity index (χ4v) is 1.38. The average Bonchev–Trinajstić information content (AvgIpc) is 2.01. The molecule has 1 rings (SSSR count). The highest BCUT2D eigenvalue weighted by atomic mass is 16.7. The molecule has 1 saturated heterocycles. The number of carbonyl (C=O) groups is 1. The first-order chi connectivity index (χ1) is 6.58. The zero-order chi connectivity index (χ0) is 10.6. The van der Waals surface area contributed by atoms with E-state index < -0.39 is 0 Å². The lowest BCUT2D eigenvalue weighted by Crippen LogP contribution is -2.31. The first-order valence-electron chi connectivity index (χ1n) is 5.02. The van der Waals surface area contributed by atoms with Gasteiger partial charge in [0, 0.05) is 0 Å². The summed E-state index contributed by atoms with van der Waals surface area (Å²) in [4.78, 5) is 11.4. The van der Waals surface area contributed by atoms with Gasteiger partial charge in [-0.05, 0) is 33.3 Å². The van der Waals surface area contributed by atoms with Crippen LogP contribution in [0.1, 0.15) is 33.6 Å². The van der Waals surface area contributed by atoms with Crippen molar-refractivity contribution < 1.29 is 14.3 Å². The number of ketones is 1. The summed E-state index contributed by atoms with van der Waals surface area (Å²) in [5.74, 6) is 0.0732. The van der Waals surface area contributed by atoms with Gasteiger partial charge in [-0.3, -0.25) is 4.79 Å². The monoisotopic (exact) mass is 198 g/mol. The molecule has 0 N–H and O–H groups in total. The first kappa shape index (κ1) is 11.4. The molecule has 1 aliphatic heterocycles. The van der Waals surface area contributed by atoms with Gasteiger partial charge in [0.25, 0.3) is 0 Å². The molecule has 3 nitrogen and oxygen atoms in total. The summed E-state index contributed by atoms with van der Waals surface area (Å²) in [6, 6.07) is 0. The minimum atomic E-state index is -0.346. The highest BCUT2D eigenvalue weighted by Crippen LogP contribution is 2.15. The Morgan fingerprint density at radius 2 is 2.21 bits per heavy atom. The molecule has 0 amide bonds. The van der Waals surface area contributed by atoms with E-state index in [4.69, 9.17) is 9.47 Å². The number of allylic oxidation sites excluding steroid dienone is 2. The van der Waals surface area contributed by atoms with Gasteiger partial charge in [-0.1, -0.05) is 5.57 Å². The van der Waals surface area contributed by atoms with Gasteiger partial charge in [0.15, 0.2) is 12.1 Å². The number of hydrogen-bond donors (Lipinski definition) is 0. The van der Waals surface area contributed by atoms with Gasteiger partial charge in [0.05, 0.1) is 19.1 Å². The summed E-state index contributed by atoms with van der Waals surface area (Å²) in [6.45, 7) is 6.50. The lowest BCUT2D eigenvalue weighted by Gasteiger charge is -2.27. The summed E-state index contributed by atoms with van der Waals surface area (Å²) >= 11 is 0. The van der Waals surface area contributed by atoms with Crippen LogP contribution in [0, 0.1) is 0 Å². The summed E-state index contributed by atoms with van der Waals surface area (Å²) in [5, 5.41) is 0. The van der Waals surface area contributed by atoms with Crippen LogP contribution in [0.25, 0.3) is 0 Å². The first-order valence-corrected chi connectivity index (χ1v) is 5.02. The molecule has 0 saturated carbocycles. The van der Waals surface area contributed by atoms with E-state index in [1.807, 2.05) is 20.8 Å². The number of ether oxygens (including phenoxy) is 2. The minimum Gasteiger partial charge on any atom is -0.352 e. The summed E-state index contributed by atoms with van der Waals surface area (Å²) in [6.07, 6.45) is 2.73. The standard InChI is InChI=1S/C11H18O3/c1-8(2)6-10(12)7-11-13-5-4-9(3)14-11/h6,9,11H,4-5,7H2,1-3H3. The van der Waals surface area contributed by atoms with E-state index in [-0.39, 0.29) is 18.2 Å². The predicted octanol–water partition coefficient (Wildman–Crippen LogP) is 2.06. The van der Waals surface area contributed by atoms with Crippen molar-refractivity contribution in [2.24, 2.45) is 0 Å². The quantitative estimate of drug-likeness (QED) is 0.651. The molecule has 1 heterocycles. The van der Waals surface area contributed by atoms with E-state index in [2.05, 4.69) is 0 Å². The van der Waals surface area contributed by atoms with Crippen molar-refractivity contribution in [3.63, 3.8) is 0 Å². The molecule has 3 heteroatoms. The van der Waals surface area contributed by atoms with Gasteiger partial charge >= 0.3 is 0 Å². The third-order valence-electron chi connectivity index (χ3n) is 2.03. The number of rotatable bonds is 3. The maximum Gasteiger partial charge on any atom is 0.165 e. The smallest absolute Gasteiger partial charge is 0.165 e. The Morgan fingerprint density at radius 1 is 1.50 bits per heavy atom. The fourth-order valence-electron chi connectivity index (χ4n) is 1.38. The fraction of sp³-hybridized carbons (Fsp3) is 0.727. The van der Waals surface area contributed by atoms with Crippen LogP contribution >= 0.6 is 0 Å². The third kappa shape index (κ3) is 4.03. The van der Waals surface area contributed by atoms with E-state index in [9.17, 15) is 4.79 Å². The van der Waals surface area contributed by atoms with Gasteiger partial charge in [0.1, 0.15) is 0 Å². The van der Waals surface area contributed by atoms with Crippen molar-refractivity contribution in [1.82, 2.24) is 0 Å². The zero-order valence-electron chi connectivity index (χ0n) is 9.08. The molecule has 0 aromatic carbocycles. The van der Waals surface area contributed by atoms with Gasteiger partial charge < -0.3 is 9.47 Å². The Morgan fingerprint density at radius 3 is 2.79 bits per heavy atom. The Kier molecular flexibility index (Phi) is 4.29. The van der Waals surface area contributed by atoms with Gasteiger partial charge in [0.2, 0.25) is 0 Å². The lowest BCUT2D eigenvalue weighted by atomic mass is 10.2. The average molecular weight is 198 g/mol. The molecule has 1 fully saturated rings. The summed E-state index contributed by atoms with van der Waals surface area (Å²) < 4.78 is 10.8. The van der Waals surface area contributed by atoms with Crippen LogP contribution in [0.2, 0.25) is 0 Å². The van der Waals surface area contributed by atoms with Crippen LogP contribution in [0.15, 0.2) is 11.6 Å². The highest BCUT2D eigenvalue weighted by Gasteiger charge is 2.21. The van der Waals surface area contributed by atoms with Crippen molar-refractivity contribution >= 4 is 5.78 Å². The van der Waals surface area contributed by atoms with E-state index in [1.54, 1.807) is 6.08 Å². The maximum absolute atomic E-state index is 11.4. The molecule has 1 aliphatic rings. The molecule has 14 heavy (non-hydrogen) atoms. The third-order valence-corrected chi connectivity index (χ3v) is 2.03. The maximum atomic E-state index is 11.4. The van der Waals surface area contributed by atoms with Crippen LogP contribution in [-0.4, -0.2) is 24.8 Å². The zero-order valence-corrected chi connectivity index (χ0v) is 9.08. The van der Waals surface area contributed by atoms with Crippen molar-refractivity contribution in [3.05, 3.63) is 11.6 Å². The van der Waals surface area contributed by atoms with Gasteiger partial charge in [-0.2, -0.15) is 0 Å². The van der Waals surface area contributed by atoms with Crippen molar-refractivity contribution in [2.45, 2.75) is 46.0 Å². The van der Waals surface area contributed by atoms with Crippen LogP contribution < -0.4 is 0 Å². The van der Waals surface area contributed by atoms with Gasteiger partial charge in [-0.15, -0.1) is 0 Å². The number of hydrogen-bond acceptors (Lipinski definition) is 3. The normalized spacial score (nSPS) is 27.1. The topological polar surface area (TPSA) is 35.5 Å². The second-order valence-electron chi connectivity index (χ2n) is 3.93. The van der Waals surface area contributed by atoms with Crippen molar-refractivity contribution in [1.29, 1.82) is 0 Å². The molecule has 0 radical (unpaired) electrons. The van der Waals surface area contributed by atoms with Gasteiger partial charge in [-0.25, -0.2) is 0 Å². The Hall–Kier alpha value is -0.670. The van der Waals surface area contributed by atoms with E-state index in [1.165, 1.54) is 0 Å². The Balaban J connectivity index is 2.36. The van der Waals surface area contributed by atoms with E-state index in [0.717, 1.165) is 12.0 Å². The molecule has 0 aromatic rings. The second-order valence-corrected chi connectivity index (χ2v) is 3.93. The number of carbonyl (C=O) groups excluding carboxylic acids is 1. The molecule has 2 atom stereocenters. The van der Waals surface area contributed by atoms with Crippen LogP contribution in [0.3, 0.4) is 0 Å². The van der Waals surface area contributed by atoms with Crippen LogP contribution in [0.4, 0.5) is 0 Å². The molecule has 2 unspecified atom stereocenters. The summed E-state index contributed by atoms with van der Waals surface area (Å²) in [5.41, 5.74) is 1.01. The molecule has 0 aromatic heterocycles. The Bertz CT molecular complexity index is 229. The van der Waals surface area contributed by atoms with E-state index in [0.29, 0.717) is 13.0 Å². The molecule has 0 aliphatic carbocycles. The molecular weight excluding hydrogens is 180 g/mol. The van der Waals surface area contributed by atoms with Crippen LogP contribution in [-0.2, 0) is 14.3 Å².